The summed E-state index contributed by atoms with van der Waals surface area (Å²) in [6.07, 6.45) is 12.8. The summed E-state index contributed by atoms with van der Waals surface area (Å²) in [7, 11) is 0. The molecule has 12 nitrogen and oxygen atoms in total. The Morgan fingerprint density at radius 1 is 0.649 bits per heavy atom. The maximum absolute atomic E-state index is 12.8. The number of carbonyl (C=O) groups excluding carboxylic acids is 1. The summed E-state index contributed by atoms with van der Waals surface area (Å²) >= 11 is 0. The van der Waals surface area contributed by atoms with Gasteiger partial charge in [-0.05, 0) is 44.2 Å². The first-order valence-corrected chi connectivity index (χ1v) is 11.2. The van der Waals surface area contributed by atoms with E-state index >= 15 is 0 Å². The second kappa shape index (κ2) is 10.1. The van der Waals surface area contributed by atoms with E-state index in [1.165, 1.54) is 0 Å². The molecule has 0 spiro atoms. The second-order valence-corrected chi connectivity index (χ2v) is 7.76. The maximum Gasteiger partial charge on any atom is 0.250 e. The third-order valence-electron chi connectivity index (χ3n) is 5.38. The van der Waals surface area contributed by atoms with E-state index in [2.05, 4.69) is 39.9 Å². The van der Waals surface area contributed by atoms with Gasteiger partial charge in [-0.1, -0.05) is 0 Å². The van der Waals surface area contributed by atoms with Gasteiger partial charge in [0, 0.05) is 49.6 Å². The Kier molecular flexibility index (Phi) is 6.36. The zero-order valence-electron chi connectivity index (χ0n) is 20.0. The molecule has 0 aliphatic heterocycles. The van der Waals surface area contributed by atoms with Crippen LogP contribution in [0.1, 0.15) is 21.7 Å². The topological polar surface area (TPSA) is 153 Å². The first-order valence-electron chi connectivity index (χ1n) is 11.2. The molecule has 0 radical (unpaired) electrons. The van der Waals surface area contributed by atoms with E-state index in [-0.39, 0.29) is 5.56 Å². The molecule has 4 aromatic heterocycles. The quantitative estimate of drug-likeness (QED) is 0.356. The van der Waals surface area contributed by atoms with Crippen LogP contribution in [0.5, 0.6) is 0 Å². The molecule has 4 heterocycles. The fourth-order valence-corrected chi connectivity index (χ4v) is 3.76. The van der Waals surface area contributed by atoms with E-state index in [4.69, 9.17) is 5.73 Å². The number of primary amides is 1. The van der Waals surface area contributed by atoms with E-state index in [9.17, 15) is 4.79 Å². The van der Waals surface area contributed by atoms with Crippen molar-refractivity contribution in [1.29, 1.82) is 0 Å². The summed E-state index contributed by atoms with van der Waals surface area (Å²) in [4.78, 5) is 51.4. The van der Waals surface area contributed by atoms with Crippen molar-refractivity contribution in [3.8, 4) is 0 Å². The number of carbonyl (C=O) groups is 1. The van der Waals surface area contributed by atoms with E-state index in [1.807, 2.05) is 13.8 Å². The number of anilines is 6. The number of aromatic nitrogens is 8. The van der Waals surface area contributed by atoms with Gasteiger partial charge in [0.1, 0.15) is 0 Å². The number of rotatable bonds is 7. The Morgan fingerprint density at radius 3 is 1.65 bits per heavy atom. The van der Waals surface area contributed by atoms with Gasteiger partial charge in [-0.25, -0.2) is 29.9 Å². The molecule has 0 saturated heterocycles. The molecule has 0 aliphatic rings. The van der Waals surface area contributed by atoms with Gasteiger partial charge < -0.3 is 5.73 Å². The van der Waals surface area contributed by atoms with E-state index in [0.717, 1.165) is 0 Å². The highest BCUT2D eigenvalue weighted by Gasteiger charge is 2.26. The Labute approximate surface area is 212 Å². The lowest BCUT2D eigenvalue weighted by molar-refractivity contribution is 0.100. The van der Waals surface area contributed by atoms with Crippen LogP contribution in [0, 0.1) is 13.8 Å². The van der Waals surface area contributed by atoms with Crippen molar-refractivity contribution in [2.24, 2.45) is 5.73 Å². The number of benzene rings is 1. The van der Waals surface area contributed by atoms with Crippen molar-refractivity contribution in [3.63, 3.8) is 0 Å². The zero-order chi connectivity index (χ0) is 25.8. The molecule has 0 saturated carbocycles. The van der Waals surface area contributed by atoms with Crippen molar-refractivity contribution >= 4 is 40.8 Å². The molecule has 0 unspecified atom stereocenters. The van der Waals surface area contributed by atoms with Gasteiger partial charge in [-0.2, -0.15) is 0 Å². The zero-order valence-corrected chi connectivity index (χ0v) is 20.0. The highest BCUT2D eigenvalue weighted by atomic mass is 16.1. The molecule has 0 fully saturated rings. The van der Waals surface area contributed by atoms with Gasteiger partial charge >= 0.3 is 0 Å². The SMILES string of the molecule is Cc1nccnc1N(c1ccc(N(c2ncccn2)c2nccnc2C)c(C(N)=O)c1)c1ncccn1. The first-order chi connectivity index (χ1) is 18.0. The van der Waals surface area contributed by atoms with Crippen molar-refractivity contribution in [2.75, 3.05) is 9.80 Å². The molecular formula is C25H21N11O. The van der Waals surface area contributed by atoms with E-state index in [0.29, 0.717) is 46.3 Å². The second-order valence-electron chi connectivity index (χ2n) is 7.76. The van der Waals surface area contributed by atoms with Gasteiger partial charge in [-0.15, -0.1) is 0 Å². The van der Waals surface area contributed by atoms with Crippen molar-refractivity contribution in [1.82, 2.24) is 39.9 Å². The summed E-state index contributed by atoms with van der Waals surface area (Å²) in [5.74, 6) is 0.947. The number of nitrogens with two attached hydrogens (primary N) is 1. The number of hydrogen-bond acceptors (Lipinski definition) is 11. The van der Waals surface area contributed by atoms with Crippen LogP contribution in [-0.2, 0) is 0 Å². The molecule has 0 bridgehead atoms. The third kappa shape index (κ3) is 4.62. The molecule has 1 amide bonds. The lowest BCUT2D eigenvalue weighted by Crippen LogP contribution is -2.23. The fourth-order valence-electron chi connectivity index (χ4n) is 3.76. The van der Waals surface area contributed by atoms with Crippen LogP contribution in [0.4, 0.5) is 34.9 Å². The van der Waals surface area contributed by atoms with Crippen molar-refractivity contribution < 1.29 is 4.79 Å². The molecule has 12 heteroatoms. The lowest BCUT2D eigenvalue weighted by Gasteiger charge is -2.27. The minimum atomic E-state index is -0.663. The number of aryl methyl sites for hydroxylation is 2. The maximum atomic E-state index is 12.8. The van der Waals surface area contributed by atoms with Crippen LogP contribution in [-0.4, -0.2) is 45.8 Å². The molecule has 182 valence electrons. The standard InChI is InChI=1S/C25H21N11O/c1-16-22(29-13-11-27-16)35(24-31-7-3-8-32-24)18-5-6-20(19(15-18)21(26)37)36(25-33-9-4-10-34-25)23-17(2)28-12-14-30-23/h3-15H,1-2H3,(H2,26,37). The number of nitrogens with zero attached hydrogens (tertiary/aromatic N) is 10. The Bertz CT molecular complexity index is 1550. The normalized spacial score (nSPS) is 10.6. The predicted octanol–water partition coefficient (Wildman–Crippen LogP) is 3.50. The van der Waals surface area contributed by atoms with Crippen LogP contribution < -0.4 is 15.5 Å². The largest absolute Gasteiger partial charge is 0.366 e. The summed E-state index contributed by atoms with van der Waals surface area (Å²) in [5, 5.41) is 0. The van der Waals surface area contributed by atoms with Gasteiger partial charge in [0.2, 0.25) is 11.9 Å². The molecule has 1 aromatic carbocycles. The molecule has 5 aromatic rings. The molecule has 5 rings (SSSR count). The lowest BCUT2D eigenvalue weighted by atomic mass is 10.1. The summed E-state index contributed by atoms with van der Waals surface area (Å²) in [6.45, 7) is 3.63. The van der Waals surface area contributed by atoms with Crippen LogP contribution in [0.2, 0.25) is 0 Å². The average Bonchev–Trinajstić information content (AvgIpc) is 2.93. The fraction of sp³-hybridized carbons (Fsp3) is 0.0800. The van der Waals surface area contributed by atoms with Crippen molar-refractivity contribution in [3.05, 3.63) is 96.9 Å². The Balaban J connectivity index is 1.73. The van der Waals surface area contributed by atoms with Crippen LogP contribution in [0.15, 0.2) is 79.9 Å². The Hall–Kier alpha value is -5.39. The third-order valence-corrected chi connectivity index (χ3v) is 5.38. The van der Waals surface area contributed by atoms with Gasteiger partial charge in [0.15, 0.2) is 11.6 Å². The first kappa shape index (κ1) is 23.4. The molecule has 0 atom stereocenters. The average molecular weight is 492 g/mol. The van der Waals surface area contributed by atoms with E-state index < -0.39 is 5.91 Å². The highest BCUT2D eigenvalue weighted by molar-refractivity contribution is 6.02. The monoisotopic (exact) mass is 491 g/mol. The minimum absolute atomic E-state index is 0.192. The molecular weight excluding hydrogens is 470 g/mol. The van der Waals surface area contributed by atoms with Gasteiger partial charge in [0.05, 0.1) is 28.3 Å². The van der Waals surface area contributed by atoms with Gasteiger partial charge in [-0.3, -0.25) is 24.6 Å². The van der Waals surface area contributed by atoms with Crippen LogP contribution in [0.25, 0.3) is 0 Å². The summed E-state index contributed by atoms with van der Waals surface area (Å²) < 4.78 is 0. The van der Waals surface area contributed by atoms with Crippen molar-refractivity contribution in [2.45, 2.75) is 13.8 Å². The molecule has 0 aliphatic carbocycles. The van der Waals surface area contributed by atoms with Gasteiger partial charge in [0.25, 0.3) is 5.91 Å². The van der Waals surface area contributed by atoms with Crippen LogP contribution in [0.3, 0.4) is 0 Å². The molecule has 2 N–H and O–H groups in total. The number of amides is 1. The number of hydrogen-bond donors (Lipinski definition) is 1. The minimum Gasteiger partial charge on any atom is -0.366 e. The smallest absolute Gasteiger partial charge is 0.250 e. The molecule has 37 heavy (non-hydrogen) atoms. The predicted molar refractivity (Wildman–Crippen MR) is 136 cm³/mol. The van der Waals surface area contributed by atoms with Crippen LogP contribution >= 0.6 is 0 Å². The summed E-state index contributed by atoms with van der Waals surface area (Å²) in [5.41, 5.74) is 8.34. The highest BCUT2D eigenvalue weighted by Crippen LogP contribution is 2.39. The van der Waals surface area contributed by atoms with E-state index in [1.54, 1.807) is 89.7 Å². The summed E-state index contributed by atoms with van der Waals surface area (Å²) in [6, 6.07) is 8.59. The Morgan fingerprint density at radius 2 is 1.14 bits per heavy atom.